The van der Waals surface area contributed by atoms with Crippen LogP contribution in [-0.4, -0.2) is 42.0 Å². The standard InChI is InChI=1S/C13H19N3O.2ClH/c1-10-5-6-11(8-15-10)13(17)16-7-3-4-12(16)9-14-2;;/h5-6,8,12,14H,3-4,7,9H2,1-2H3;2*1H. The van der Waals surface area contributed by atoms with Crippen molar-refractivity contribution in [3.05, 3.63) is 29.6 Å². The highest BCUT2D eigenvalue weighted by molar-refractivity contribution is 5.94. The van der Waals surface area contributed by atoms with Gasteiger partial charge in [0.2, 0.25) is 0 Å². The molecule has 2 heterocycles. The summed E-state index contributed by atoms with van der Waals surface area (Å²) < 4.78 is 0. The lowest BCUT2D eigenvalue weighted by molar-refractivity contribution is 0.0736. The number of carbonyl (C=O) groups is 1. The number of nitrogens with zero attached hydrogens (tertiary/aromatic N) is 2. The van der Waals surface area contributed by atoms with Crippen molar-refractivity contribution in [1.82, 2.24) is 15.2 Å². The Bertz CT molecular complexity index is 397. The first-order chi connectivity index (χ1) is 8.22. The molecule has 0 radical (unpaired) electrons. The molecule has 1 N–H and O–H groups in total. The highest BCUT2D eigenvalue weighted by Gasteiger charge is 2.28. The van der Waals surface area contributed by atoms with Gasteiger partial charge in [-0.2, -0.15) is 0 Å². The molecule has 1 saturated heterocycles. The third kappa shape index (κ3) is 4.34. The molecule has 0 saturated carbocycles. The molecule has 1 aromatic heterocycles. The van der Waals surface area contributed by atoms with Crippen LogP contribution < -0.4 is 5.32 Å². The summed E-state index contributed by atoms with van der Waals surface area (Å²) in [7, 11) is 1.93. The maximum Gasteiger partial charge on any atom is 0.255 e. The molecule has 1 aromatic rings. The summed E-state index contributed by atoms with van der Waals surface area (Å²) >= 11 is 0. The second-order valence-electron chi connectivity index (χ2n) is 4.54. The number of halogens is 2. The van der Waals surface area contributed by atoms with E-state index in [2.05, 4.69) is 10.3 Å². The number of aromatic nitrogens is 1. The lowest BCUT2D eigenvalue weighted by Gasteiger charge is -2.24. The Morgan fingerprint density at radius 1 is 1.47 bits per heavy atom. The average Bonchev–Trinajstić information content (AvgIpc) is 2.78. The van der Waals surface area contributed by atoms with Crippen LogP contribution in [0, 0.1) is 6.92 Å². The van der Waals surface area contributed by atoms with Crippen molar-refractivity contribution in [3.63, 3.8) is 0 Å². The van der Waals surface area contributed by atoms with E-state index in [1.165, 1.54) is 0 Å². The minimum atomic E-state index is 0. The highest BCUT2D eigenvalue weighted by Crippen LogP contribution is 2.19. The maximum atomic E-state index is 12.3. The fourth-order valence-electron chi connectivity index (χ4n) is 2.31. The van der Waals surface area contributed by atoms with Gasteiger partial charge in [0.05, 0.1) is 5.56 Å². The van der Waals surface area contributed by atoms with Gasteiger partial charge in [0.25, 0.3) is 5.91 Å². The van der Waals surface area contributed by atoms with Gasteiger partial charge in [0.1, 0.15) is 0 Å². The van der Waals surface area contributed by atoms with E-state index in [-0.39, 0.29) is 30.7 Å². The topological polar surface area (TPSA) is 45.2 Å². The third-order valence-corrected chi connectivity index (χ3v) is 3.24. The number of likely N-dealkylation sites (N-methyl/N-ethyl adjacent to an activating group) is 1. The van der Waals surface area contributed by atoms with Crippen LogP contribution in [0.4, 0.5) is 0 Å². The smallest absolute Gasteiger partial charge is 0.255 e. The summed E-state index contributed by atoms with van der Waals surface area (Å²) in [4.78, 5) is 18.4. The fourth-order valence-corrected chi connectivity index (χ4v) is 2.31. The minimum Gasteiger partial charge on any atom is -0.334 e. The van der Waals surface area contributed by atoms with Crippen molar-refractivity contribution in [2.24, 2.45) is 0 Å². The predicted molar refractivity (Wildman–Crippen MR) is 81.5 cm³/mol. The van der Waals surface area contributed by atoms with Crippen molar-refractivity contribution >= 4 is 30.7 Å². The summed E-state index contributed by atoms with van der Waals surface area (Å²) in [5.41, 5.74) is 1.63. The number of likely N-dealkylation sites (tertiary alicyclic amines) is 1. The maximum absolute atomic E-state index is 12.3. The fraction of sp³-hybridized carbons (Fsp3) is 0.538. The summed E-state index contributed by atoms with van der Waals surface area (Å²) in [5.74, 6) is 0.107. The van der Waals surface area contributed by atoms with Crippen LogP contribution in [-0.2, 0) is 0 Å². The molecule has 6 heteroatoms. The molecule has 108 valence electrons. The largest absolute Gasteiger partial charge is 0.334 e. The van der Waals surface area contributed by atoms with E-state index in [1.54, 1.807) is 6.20 Å². The summed E-state index contributed by atoms with van der Waals surface area (Å²) in [5, 5.41) is 3.15. The molecule has 0 aliphatic carbocycles. The van der Waals surface area contributed by atoms with Crippen molar-refractivity contribution < 1.29 is 4.79 Å². The van der Waals surface area contributed by atoms with Crippen LogP contribution in [0.2, 0.25) is 0 Å². The van der Waals surface area contributed by atoms with Gasteiger partial charge in [-0.3, -0.25) is 9.78 Å². The van der Waals surface area contributed by atoms with E-state index in [1.807, 2.05) is 31.0 Å². The number of pyridine rings is 1. The molecule has 1 unspecified atom stereocenters. The van der Waals surface area contributed by atoms with Gasteiger partial charge < -0.3 is 10.2 Å². The Hall–Kier alpha value is -0.840. The molecule has 19 heavy (non-hydrogen) atoms. The number of nitrogens with one attached hydrogen (secondary N) is 1. The molecule has 0 aromatic carbocycles. The molecule has 1 aliphatic rings. The molecule has 0 spiro atoms. The van der Waals surface area contributed by atoms with E-state index < -0.39 is 0 Å². The van der Waals surface area contributed by atoms with Crippen LogP contribution >= 0.6 is 24.8 Å². The van der Waals surface area contributed by atoms with E-state index in [4.69, 9.17) is 0 Å². The average molecular weight is 306 g/mol. The summed E-state index contributed by atoms with van der Waals surface area (Å²) in [6.45, 7) is 3.65. The van der Waals surface area contributed by atoms with Crippen LogP contribution in [0.15, 0.2) is 18.3 Å². The Kier molecular flexibility index (Phi) is 7.99. The minimum absolute atomic E-state index is 0. The van der Waals surface area contributed by atoms with Gasteiger partial charge in [-0.05, 0) is 38.9 Å². The molecular weight excluding hydrogens is 285 g/mol. The number of aryl methyl sites for hydroxylation is 1. The number of hydrogen-bond donors (Lipinski definition) is 1. The number of hydrogen-bond acceptors (Lipinski definition) is 3. The zero-order chi connectivity index (χ0) is 12.3. The van der Waals surface area contributed by atoms with Crippen LogP contribution in [0.3, 0.4) is 0 Å². The normalized spacial score (nSPS) is 17.6. The predicted octanol–water partition coefficient (Wildman–Crippen LogP) is 2.06. The zero-order valence-corrected chi connectivity index (χ0v) is 12.9. The van der Waals surface area contributed by atoms with Gasteiger partial charge >= 0.3 is 0 Å². The highest BCUT2D eigenvalue weighted by atomic mass is 35.5. The van der Waals surface area contributed by atoms with Gasteiger partial charge in [-0.1, -0.05) is 0 Å². The van der Waals surface area contributed by atoms with E-state index in [0.29, 0.717) is 11.6 Å². The van der Waals surface area contributed by atoms with E-state index in [9.17, 15) is 4.79 Å². The van der Waals surface area contributed by atoms with Crippen molar-refractivity contribution in [1.29, 1.82) is 0 Å². The second-order valence-corrected chi connectivity index (χ2v) is 4.54. The Labute approximate surface area is 126 Å². The first kappa shape index (κ1) is 18.2. The summed E-state index contributed by atoms with van der Waals surface area (Å²) in [6, 6.07) is 4.07. The first-order valence-electron chi connectivity index (χ1n) is 6.10. The number of amides is 1. The quantitative estimate of drug-likeness (QED) is 0.930. The molecule has 1 aliphatic heterocycles. The van der Waals surface area contributed by atoms with Crippen LogP contribution in [0.1, 0.15) is 28.9 Å². The van der Waals surface area contributed by atoms with Crippen LogP contribution in [0.25, 0.3) is 0 Å². The van der Waals surface area contributed by atoms with Crippen LogP contribution in [0.5, 0.6) is 0 Å². The molecule has 4 nitrogen and oxygen atoms in total. The van der Waals surface area contributed by atoms with Gasteiger partial charge in [0.15, 0.2) is 0 Å². The van der Waals surface area contributed by atoms with Gasteiger partial charge in [-0.15, -0.1) is 24.8 Å². The number of carbonyl (C=O) groups excluding carboxylic acids is 1. The Balaban J connectivity index is 0.00000162. The van der Waals surface area contributed by atoms with Gasteiger partial charge in [0, 0.05) is 31.0 Å². The number of rotatable bonds is 3. The molecule has 1 fully saturated rings. The molecule has 1 amide bonds. The monoisotopic (exact) mass is 305 g/mol. The Morgan fingerprint density at radius 2 is 2.21 bits per heavy atom. The lowest BCUT2D eigenvalue weighted by atomic mass is 10.2. The van der Waals surface area contributed by atoms with Crippen molar-refractivity contribution in [2.75, 3.05) is 20.1 Å². The van der Waals surface area contributed by atoms with Crippen molar-refractivity contribution in [2.45, 2.75) is 25.8 Å². The summed E-state index contributed by atoms with van der Waals surface area (Å²) in [6.07, 6.45) is 3.86. The molecule has 2 rings (SSSR count). The molecule has 1 atom stereocenters. The first-order valence-corrected chi connectivity index (χ1v) is 6.10. The third-order valence-electron chi connectivity index (χ3n) is 3.24. The molecular formula is C13H21Cl2N3O. The van der Waals surface area contributed by atoms with E-state index in [0.717, 1.165) is 31.6 Å². The van der Waals surface area contributed by atoms with E-state index >= 15 is 0 Å². The second kappa shape index (κ2) is 8.35. The Morgan fingerprint density at radius 3 is 2.79 bits per heavy atom. The SMILES string of the molecule is CNCC1CCCN1C(=O)c1ccc(C)nc1.Cl.Cl. The van der Waals surface area contributed by atoms with Gasteiger partial charge in [-0.25, -0.2) is 0 Å². The lowest BCUT2D eigenvalue weighted by Crippen LogP contribution is -2.40. The molecule has 0 bridgehead atoms. The zero-order valence-electron chi connectivity index (χ0n) is 11.3. The van der Waals surface area contributed by atoms with Crippen molar-refractivity contribution in [3.8, 4) is 0 Å².